The van der Waals surface area contributed by atoms with Crippen molar-refractivity contribution in [3.63, 3.8) is 0 Å². The lowest BCUT2D eigenvalue weighted by molar-refractivity contribution is -0.384. The molecule has 28 heavy (non-hydrogen) atoms. The number of amides is 1. The number of nitrogens with one attached hydrogen (secondary N) is 1. The monoisotopic (exact) mass is 389 g/mol. The summed E-state index contributed by atoms with van der Waals surface area (Å²) in [4.78, 5) is 37.4. The minimum atomic E-state index is -0.804. The van der Waals surface area contributed by atoms with Crippen LogP contribution < -0.4 is 10.2 Å². The third-order valence-electron chi connectivity index (χ3n) is 5.61. The van der Waals surface area contributed by atoms with Crippen LogP contribution in [0.4, 0.5) is 11.4 Å². The number of carbonyl (C=O) groups is 2. The van der Waals surface area contributed by atoms with E-state index in [2.05, 4.69) is 5.32 Å². The summed E-state index contributed by atoms with van der Waals surface area (Å²) in [5.74, 6) is -0.894. The molecule has 2 fully saturated rings. The standard InChI is InChI=1S/C20H27N3O5/c1-14(19(24)21-16-6-2-3-7-16)28-20(25)15-10-12-22(13-11-15)17-8-4-5-9-18(17)23(26)27/h4-5,8-9,14-16H,2-3,6-7,10-13H2,1H3,(H,21,24)/t14-/m1/s1. The summed E-state index contributed by atoms with van der Waals surface area (Å²) in [6, 6.07) is 6.82. The predicted molar refractivity (Wildman–Crippen MR) is 104 cm³/mol. The van der Waals surface area contributed by atoms with Gasteiger partial charge in [0.15, 0.2) is 6.10 Å². The lowest BCUT2D eigenvalue weighted by Gasteiger charge is -2.32. The number of anilines is 1. The molecular weight excluding hydrogens is 362 g/mol. The molecule has 2 aliphatic rings. The Labute approximate surface area is 164 Å². The van der Waals surface area contributed by atoms with E-state index < -0.39 is 6.10 Å². The number of nitro benzene ring substituents is 1. The molecule has 1 aromatic carbocycles. The number of hydrogen-bond donors (Lipinski definition) is 1. The van der Waals surface area contributed by atoms with Gasteiger partial charge in [0.1, 0.15) is 5.69 Å². The van der Waals surface area contributed by atoms with Crippen LogP contribution in [-0.2, 0) is 14.3 Å². The first-order valence-corrected chi connectivity index (χ1v) is 9.95. The van der Waals surface area contributed by atoms with Crippen molar-refractivity contribution in [2.24, 2.45) is 5.92 Å². The van der Waals surface area contributed by atoms with E-state index in [1.807, 2.05) is 4.90 Å². The Balaban J connectivity index is 1.49. The SMILES string of the molecule is C[C@@H](OC(=O)C1CCN(c2ccccc2[N+](=O)[O-])CC1)C(=O)NC1CCCC1. The number of piperidine rings is 1. The number of hydrogen-bond acceptors (Lipinski definition) is 6. The highest BCUT2D eigenvalue weighted by atomic mass is 16.6. The summed E-state index contributed by atoms with van der Waals surface area (Å²) in [5, 5.41) is 14.2. The minimum absolute atomic E-state index is 0.0701. The number of ether oxygens (including phenoxy) is 1. The smallest absolute Gasteiger partial charge is 0.309 e. The van der Waals surface area contributed by atoms with Crippen LogP contribution in [0.25, 0.3) is 0 Å². The lowest BCUT2D eigenvalue weighted by Crippen LogP contribution is -2.43. The number of benzene rings is 1. The first-order chi connectivity index (χ1) is 13.5. The van der Waals surface area contributed by atoms with Crippen molar-refractivity contribution >= 4 is 23.3 Å². The van der Waals surface area contributed by atoms with Gasteiger partial charge < -0.3 is 15.0 Å². The molecule has 152 valence electrons. The Morgan fingerprint density at radius 3 is 2.46 bits per heavy atom. The van der Waals surface area contributed by atoms with Crippen LogP contribution in [0.5, 0.6) is 0 Å². The highest BCUT2D eigenvalue weighted by Crippen LogP contribution is 2.31. The van der Waals surface area contributed by atoms with Crippen LogP contribution in [0.15, 0.2) is 24.3 Å². The molecule has 1 aliphatic heterocycles. The molecule has 1 saturated heterocycles. The fraction of sp³-hybridized carbons (Fsp3) is 0.600. The summed E-state index contributed by atoms with van der Waals surface area (Å²) in [6.07, 6.45) is 4.49. The molecule has 8 heteroatoms. The van der Waals surface area contributed by atoms with Gasteiger partial charge in [-0.15, -0.1) is 0 Å². The summed E-state index contributed by atoms with van der Waals surface area (Å²) in [6.45, 7) is 2.67. The summed E-state index contributed by atoms with van der Waals surface area (Å²) in [7, 11) is 0. The second-order valence-electron chi connectivity index (χ2n) is 7.58. The van der Waals surface area contributed by atoms with E-state index in [0.717, 1.165) is 25.7 Å². The molecular formula is C20H27N3O5. The van der Waals surface area contributed by atoms with Crippen molar-refractivity contribution in [3.05, 3.63) is 34.4 Å². The zero-order chi connectivity index (χ0) is 20.1. The number of carbonyl (C=O) groups excluding carboxylic acids is 2. The first kappa shape index (κ1) is 20.1. The van der Waals surface area contributed by atoms with Crippen molar-refractivity contribution < 1.29 is 19.2 Å². The van der Waals surface area contributed by atoms with Crippen molar-refractivity contribution in [1.82, 2.24) is 5.32 Å². The van der Waals surface area contributed by atoms with E-state index in [1.165, 1.54) is 6.07 Å². The normalized spacial score (nSPS) is 19.2. The zero-order valence-electron chi connectivity index (χ0n) is 16.1. The van der Waals surface area contributed by atoms with Crippen molar-refractivity contribution in [3.8, 4) is 0 Å². The molecule has 0 aromatic heterocycles. The number of para-hydroxylation sites is 2. The van der Waals surface area contributed by atoms with E-state index in [4.69, 9.17) is 4.74 Å². The van der Waals surface area contributed by atoms with Gasteiger partial charge in [-0.25, -0.2) is 0 Å². The van der Waals surface area contributed by atoms with Crippen LogP contribution >= 0.6 is 0 Å². The first-order valence-electron chi connectivity index (χ1n) is 9.95. The molecule has 1 aliphatic carbocycles. The molecule has 0 unspecified atom stereocenters. The maximum atomic E-state index is 12.4. The summed E-state index contributed by atoms with van der Waals surface area (Å²) >= 11 is 0. The topological polar surface area (TPSA) is 102 Å². The second-order valence-corrected chi connectivity index (χ2v) is 7.58. The van der Waals surface area contributed by atoms with Crippen LogP contribution in [0.3, 0.4) is 0 Å². The average molecular weight is 389 g/mol. The fourth-order valence-corrected chi connectivity index (χ4v) is 3.95. The minimum Gasteiger partial charge on any atom is -0.452 e. The predicted octanol–water partition coefficient (Wildman–Crippen LogP) is 2.80. The number of esters is 1. The van der Waals surface area contributed by atoms with Gasteiger partial charge >= 0.3 is 5.97 Å². The van der Waals surface area contributed by atoms with Gasteiger partial charge in [-0.3, -0.25) is 19.7 Å². The maximum Gasteiger partial charge on any atom is 0.309 e. The van der Waals surface area contributed by atoms with E-state index in [1.54, 1.807) is 25.1 Å². The Kier molecular flexibility index (Phi) is 6.49. The molecule has 1 aromatic rings. The third kappa shape index (κ3) is 4.79. The van der Waals surface area contributed by atoms with E-state index in [0.29, 0.717) is 31.6 Å². The second kappa shape index (κ2) is 9.03. The van der Waals surface area contributed by atoms with Gasteiger partial charge in [0, 0.05) is 25.2 Å². The molecule has 3 rings (SSSR count). The molecule has 0 radical (unpaired) electrons. The van der Waals surface area contributed by atoms with Gasteiger partial charge in [0.05, 0.1) is 10.8 Å². The highest BCUT2D eigenvalue weighted by Gasteiger charge is 2.31. The van der Waals surface area contributed by atoms with E-state index in [9.17, 15) is 19.7 Å². The molecule has 1 N–H and O–H groups in total. The third-order valence-corrected chi connectivity index (χ3v) is 5.61. The van der Waals surface area contributed by atoms with Gasteiger partial charge in [-0.1, -0.05) is 25.0 Å². The van der Waals surface area contributed by atoms with Gasteiger partial charge in [0.2, 0.25) is 0 Å². The van der Waals surface area contributed by atoms with Crippen molar-refractivity contribution in [2.45, 2.75) is 57.6 Å². The van der Waals surface area contributed by atoms with Crippen LogP contribution in [0.1, 0.15) is 45.4 Å². The zero-order valence-corrected chi connectivity index (χ0v) is 16.1. The molecule has 1 saturated carbocycles. The van der Waals surface area contributed by atoms with Gasteiger partial charge in [-0.2, -0.15) is 0 Å². The molecule has 1 heterocycles. The summed E-state index contributed by atoms with van der Waals surface area (Å²) < 4.78 is 5.39. The molecule has 1 atom stereocenters. The van der Waals surface area contributed by atoms with Gasteiger partial charge in [0.25, 0.3) is 11.6 Å². The van der Waals surface area contributed by atoms with Crippen molar-refractivity contribution in [2.75, 3.05) is 18.0 Å². The number of nitro groups is 1. The highest BCUT2D eigenvalue weighted by molar-refractivity contribution is 5.84. The average Bonchev–Trinajstić information content (AvgIpc) is 3.21. The van der Waals surface area contributed by atoms with Gasteiger partial charge in [-0.05, 0) is 38.7 Å². The van der Waals surface area contributed by atoms with E-state index >= 15 is 0 Å². The fourth-order valence-electron chi connectivity index (χ4n) is 3.95. The van der Waals surface area contributed by atoms with Crippen LogP contribution in [0.2, 0.25) is 0 Å². The molecule has 0 spiro atoms. The van der Waals surface area contributed by atoms with Crippen LogP contribution in [0, 0.1) is 16.0 Å². The van der Waals surface area contributed by atoms with E-state index in [-0.39, 0.29) is 34.4 Å². The quantitative estimate of drug-likeness (QED) is 0.456. The maximum absolute atomic E-state index is 12.4. The molecule has 0 bridgehead atoms. The Morgan fingerprint density at radius 2 is 1.82 bits per heavy atom. The Bertz CT molecular complexity index is 724. The van der Waals surface area contributed by atoms with Crippen LogP contribution in [-0.4, -0.2) is 42.0 Å². The Morgan fingerprint density at radius 1 is 1.18 bits per heavy atom. The largest absolute Gasteiger partial charge is 0.452 e. The summed E-state index contributed by atoms with van der Waals surface area (Å²) in [5.41, 5.74) is 0.643. The lowest BCUT2D eigenvalue weighted by atomic mass is 9.96. The van der Waals surface area contributed by atoms with Crippen molar-refractivity contribution in [1.29, 1.82) is 0 Å². The molecule has 1 amide bonds. The molecule has 8 nitrogen and oxygen atoms in total. The number of rotatable bonds is 6. The number of nitrogens with zero attached hydrogens (tertiary/aromatic N) is 2. The Hall–Kier alpha value is -2.64.